The van der Waals surface area contributed by atoms with Gasteiger partial charge in [-0.15, -0.1) is 0 Å². The molecule has 0 spiro atoms. The number of para-hydroxylation sites is 1. The van der Waals surface area contributed by atoms with Crippen molar-refractivity contribution in [1.82, 2.24) is 10.6 Å². The van der Waals surface area contributed by atoms with Gasteiger partial charge in [-0.2, -0.15) is 0 Å². The first-order valence-corrected chi connectivity index (χ1v) is 8.35. The van der Waals surface area contributed by atoms with E-state index in [0.29, 0.717) is 13.2 Å². The fourth-order valence-corrected chi connectivity index (χ4v) is 2.68. The number of carbonyl (C=O) groups excluding carboxylic acids is 1. The van der Waals surface area contributed by atoms with Crippen molar-refractivity contribution in [2.24, 2.45) is 0 Å². The summed E-state index contributed by atoms with van der Waals surface area (Å²) in [7, 11) is 0. The molecule has 1 unspecified atom stereocenters. The molecule has 1 atom stereocenters. The lowest BCUT2D eigenvalue weighted by molar-refractivity contribution is 0.231. The predicted octanol–water partition coefficient (Wildman–Crippen LogP) is 3.44. The number of anilines is 1. The third-order valence-corrected chi connectivity index (χ3v) is 3.99. The molecule has 5 nitrogen and oxygen atoms in total. The Morgan fingerprint density at radius 3 is 2.75 bits per heavy atom. The number of hydrogen-bond acceptors (Lipinski definition) is 3. The molecule has 2 amide bonds. The Morgan fingerprint density at radius 1 is 1.17 bits per heavy atom. The van der Waals surface area contributed by atoms with Gasteiger partial charge in [0.25, 0.3) is 0 Å². The van der Waals surface area contributed by atoms with Crippen LogP contribution in [0, 0.1) is 0 Å². The van der Waals surface area contributed by atoms with Crippen LogP contribution in [-0.4, -0.2) is 19.2 Å². The van der Waals surface area contributed by atoms with Gasteiger partial charge in [-0.25, -0.2) is 4.79 Å². The van der Waals surface area contributed by atoms with E-state index in [2.05, 4.69) is 22.9 Å². The smallest absolute Gasteiger partial charge is 0.315 e. The summed E-state index contributed by atoms with van der Waals surface area (Å²) in [5.41, 5.74) is 3.19. The van der Waals surface area contributed by atoms with E-state index in [1.807, 2.05) is 48.5 Å². The van der Waals surface area contributed by atoms with Crippen molar-refractivity contribution in [2.75, 3.05) is 18.5 Å². The Kier molecular flexibility index (Phi) is 5.21. The second-order valence-electron chi connectivity index (χ2n) is 5.85. The van der Waals surface area contributed by atoms with Crippen molar-refractivity contribution in [3.63, 3.8) is 0 Å². The summed E-state index contributed by atoms with van der Waals surface area (Å²) in [6.45, 7) is 4.07. The van der Waals surface area contributed by atoms with Gasteiger partial charge in [-0.3, -0.25) is 0 Å². The van der Waals surface area contributed by atoms with Crippen molar-refractivity contribution in [1.29, 1.82) is 0 Å². The summed E-state index contributed by atoms with van der Waals surface area (Å²) in [5, 5.41) is 9.18. The normalized spacial score (nSPS) is 15.3. The maximum atomic E-state index is 12.1. The molecule has 0 bridgehead atoms. The molecule has 24 heavy (non-hydrogen) atoms. The summed E-state index contributed by atoms with van der Waals surface area (Å²) in [4.78, 5) is 12.1. The first-order chi connectivity index (χ1) is 11.8. The maximum Gasteiger partial charge on any atom is 0.315 e. The van der Waals surface area contributed by atoms with Crippen LogP contribution in [0.25, 0.3) is 0 Å². The molecule has 1 aliphatic heterocycles. The lowest BCUT2D eigenvalue weighted by Gasteiger charge is -2.13. The fourth-order valence-electron chi connectivity index (χ4n) is 2.68. The van der Waals surface area contributed by atoms with E-state index in [9.17, 15) is 4.79 Å². The van der Waals surface area contributed by atoms with Crippen molar-refractivity contribution in [2.45, 2.75) is 25.9 Å². The molecule has 0 aromatic heterocycles. The zero-order valence-electron chi connectivity index (χ0n) is 13.8. The molecule has 3 N–H and O–H groups in total. The number of nitrogens with one attached hydrogen (secondary N) is 3. The average Bonchev–Trinajstić information content (AvgIpc) is 3.02. The number of urea groups is 1. The van der Waals surface area contributed by atoms with Crippen LogP contribution in [0.4, 0.5) is 10.5 Å². The lowest BCUT2D eigenvalue weighted by atomic mass is 10.1. The van der Waals surface area contributed by atoms with Gasteiger partial charge in [0.15, 0.2) is 0 Å². The van der Waals surface area contributed by atoms with Gasteiger partial charge in [0, 0.05) is 24.3 Å². The van der Waals surface area contributed by atoms with E-state index < -0.39 is 0 Å². The number of carbonyl (C=O) groups is 1. The largest absolute Gasteiger partial charge is 0.491 e. The number of fused-ring (bicyclic) bond motifs is 1. The zero-order valence-corrected chi connectivity index (χ0v) is 13.8. The third-order valence-electron chi connectivity index (χ3n) is 3.99. The van der Waals surface area contributed by atoms with E-state index in [-0.39, 0.29) is 12.1 Å². The van der Waals surface area contributed by atoms with E-state index >= 15 is 0 Å². The summed E-state index contributed by atoms with van der Waals surface area (Å²) < 4.78 is 5.57. The molecule has 0 radical (unpaired) electrons. The third kappa shape index (κ3) is 3.98. The van der Waals surface area contributed by atoms with E-state index in [4.69, 9.17) is 4.74 Å². The number of ether oxygens (including phenoxy) is 1. The molecule has 5 heteroatoms. The predicted molar refractivity (Wildman–Crippen MR) is 95.3 cm³/mol. The number of hydrogen-bond donors (Lipinski definition) is 3. The molecule has 2 aromatic carbocycles. The standard InChI is InChI=1S/C19H23N3O2/c1-2-11-20-15-9-7-14(8-10-15)12-21-19(23)22-17-13-24-18-6-4-3-5-16(17)18/h3-10,17,20H,2,11-13H2,1H3,(H2,21,22,23). The highest BCUT2D eigenvalue weighted by atomic mass is 16.5. The fraction of sp³-hybridized carbons (Fsp3) is 0.316. The number of rotatable bonds is 6. The highest BCUT2D eigenvalue weighted by Crippen LogP contribution is 2.31. The van der Waals surface area contributed by atoms with E-state index in [1.165, 1.54) is 0 Å². The highest BCUT2D eigenvalue weighted by molar-refractivity contribution is 5.74. The minimum atomic E-state index is -0.187. The van der Waals surface area contributed by atoms with Gasteiger partial charge < -0.3 is 20.7 Å². The molecule has 126 valence electrons. The second kappa shape index (κ2) is 7.73. The number of amides is 2. The monoisotopic (exact) mass is 325 g/mol. The summed E-state index contributed by atoms with van der Waals surface area (Å²) >= 11 is 0. The van der Waals surface area contributed by atoms with Crippen molar-refractivity contribution >= 4 is 11.7 Å². The molecule has 0 saturated heterocycles. The molecule has 2 aromatic rings. The van der Waals surface area contributed by atoms with Gasteiger partial charge in [-0.1, -0.05) is 37.3 Å². The highest BCUT2D eigenvalue weighted by Gasteiger charge is 2.24. The summed E-state index contributed by atoms with van der Waals surface area (Å²) in [6, 6.07) is 15.6. The Labute approximate surface area is 142 Å². The molecular weight excluding hydrogens is 302 g/mol. The van der Waals surface area contributed by atoms with Gasteiger partial charge in [0.05, 0.1) is 6.04 Å². The van der Waals surface area contributed by atoms with Gasteiger partial charge in [0.2, 0.25) is 0 Å². The van der Waals surface area contributed by atoms with Crippen LogP contribution in [0.15, 0.2) is 48.5 Å². The molecule has 1 aliphatic rings. The first kappa shape index (κ1) is 16.2. The van der Waals surface area contributed by atoms with Crippen molar-refractivity contribution in [3.05, 3.63) is 59.7 Å². The molecule has 1 heterocycles. The Balaban J connectivity index is 1.48. The average molecular weight is 325 g/mol. The number of benzene rings is 2. The SMILES string of the molecule is CCCNc1ccc(CNC(=O)NC2COc3ccccc32)cc1. The lowest BCUT2D eigenvalue weighted by Crippen LogP contribution is -2.38. The van der Waals surface area contributed by atoms with Crippen LogP contribution in [0.2, 0.25) is 0 Å². The van der Waals surface area contributed by atoms with Gasteiger partial charge in [-0.05, 0) is 30.2 Å². The van der Waals surface area contributed by atoms with Crippen LogP contribution >= 0.6 is 0 Å². The van der Waals surface area contributed by atoms with Crippen molar-refractivity contribution in [3.8, 4) is 5.75 Å². The van der Waals surface area contributed by atoms with E-state index in [1.54, 1.807) is 0 Å². The zero-order chi connectivity index (χ0) is 16.8. The minimum Gasteiger partial charge on any atom is -0.491 e. The molecule has 0 saturated carbocycles. The summed E-state index contributed by atoms with van der Waals surface area (Å²) in [6.07, 6.45) is 1.09. The van der Waals surface area contributed by atoms with Crippen LogP contribution in [-0.2, 0) is 6.54 Å². The second-order valence-corrected chi connectivity index (χ2v) is 5.85. The summed E-state index contributed by atoms with van der Waals surface area (Å²) in [5.74, 6) is 0.845. The van der Waals surface area contributed by atoms with Crippen LogP contribution in [0.5, 0.6) is 5.75 Å². The molecular formula is C19H23N3O2. The van der Waals surface area contributed by atoms with Crippen LogP contribution < -0.4 is 20.7 Å². The molecule has 0 aliphatic carbocycles. The van der Waals surface area contributed by atoms with Crippen LogP contribution in [0.3, 0.4) is 0 Å². The quantitative estimate of drug-likeness (QED) is 0.762. The van der Waals surface area contributed by atoms with Gasteiger partial charge >= 0.3 is 6.03 Å². The van der Waals surface area contributed by atoms with Crippen molar-refractivity contribution < 1.29 is 9.53 Å². The van der Waals surface area contributed by atoms with E-state index in [0.717, 1.165) is 35.5 Å². The minimum absolute atomic E-state index is 0.0955. The molecule has 0 fully saturated rings. The van der Waals surface area contributed by atoms with Gasteiger partial charge in [0.1, 0.15) is 12.4 Å². The molecule has 3 rings (SSSR count). The Bertz CT molecular complexity index is 685. The Hall–Kier alpha value is -2.69. The maximum absolute atomic E-state index is 12.1. The first-order valence-electron chi connectivity index (χ1n) is 8.35. The Morgan fingerprint density at radius 2 is 1.96 bits per heavy atom. The topological polar surface area (TPSA) is 62.4 Å². The van der Waals surface area contributed by atoms with Crippen LogP contribution in [0.1, 0.15) is 30.5 Å².